The third-order valence-electron chi connectivity index (χ3n) is 5.74. The van der Waals surface area contributed by atoms with Crippen LogP contribution in [0.3, 0.4) is 0 Å². The fraction of sp³-hybridized carbons (Fsp3) is 0.783. The van der Waals surface area contributed by atoms with Gasteiger partial charge in [0.1, 0.15) is 5.60 Å². The quantitative estimate of drug-likeness (QED) is 0.313. The third-order valence-corrected chi connectivity index (χ3v) is 5.74. The van der Waals surface area contributed by atoms with Crippen LogP contribution >= 0.6 is 24.0 Å². The average Bonchev–Trinajstić information content (AvgIpc) is 3.44. The standard InChI is InChI=1S/C23H40N6O2.HI/c1-6-24-21(25-12-9-19-15-26-27(5)16-19)28-13-10-20(11-14-28)29(17-18-7-8-18)22(30)31-23(2,3)4;/h15-16,18,20H,6-14,17H2,1-5H3,(H,24,25);1H. The molecule has 1 aliphatic carbocycles. The van der Waals surface area contributed by atoms with Crippen molar-refractivity contribution in [3.8, 4) is 0 Å². The van der Waals surface area contributed by atoms with Crippen LogP contribution in [-0.2, 0) is 18.2 Å². The highest BCUT2D eigenvalue weighted by Gasteiger charge is 2.35. The summed E-state index contributed by atoms with van der Waals surface area (Å²) in [5, 5.41) is 7.66. The molecule has 8 nitrogen and oxygen atoms in total. The molecule has 0 radical (unpaired) electrons. The Kier molecular flexibility index (Phi) is 10.1. The molecule has 0 bridgehead atoms. The van der Waals surface area contributed by atoms with Gasteiger partial charge in [-0.1, -0.05) is 0 Å². The van der Waals surface area contributed by atoms with E-state index in [1.54, 1.807) is 0 Å². The van der Waals surface area contributed by atoms with Crippen molar-refractivity contribution >= 4 is 36.0 Å². The lowest BCUT2D eigenvalue weighted by atomic mass is 10.0. The molecule has 1 aromatic heterocycles. The number of carbonyl (C=O) groups is 1. The molecule has 2 fully saturated rings. The van der Waals surface area contributed by atoms with Gasteiger partial charge in [-0.2, -0.15) is 5.10 Å². The lowest BCUT2D eigenvalue weighted by molar-refractivity contribution is 0.00928. The zero-order valence-electron chi connectivity index (χ0n) is 20.3. The van der Waals surface area contributed by atoms with Gasteiger partial charge in [-0.15, -0.1) is 24.0 Å². The normalized spacial score (nSPS) is 17.7. The first-order valence-electron chi connectivity index (χ1n) is 11.8. The summed E-state index contributed by atoms with van der Waals surface area (Å²) in [5.74, 6) is 1.62. The molecular formula is C23H41IN6O2. The summed E-state index contributed by atoms with van der Waals surface area (Å²) < 4.78 is 7.55. The number of ether oxygens (including phenoxy) is 1. The number of guanidine groups is 1. The first-order valence-corrected chi connectivity index (χ1v) is 11.8. The monoisotopic (exact) mass is 560 g/mol. The predicted octanol–water partition coefficient (Wildman–Crippen LogP) is 3.66. The van der Waals surface area contributed by atoms with Gasteiger partial charge in [0, 0.05) is 52.0 Å². The van der Waals surface area contributed by atoms with Gasteiger partial charge in [-0.05, 0) is 71.3 Å². The molecule has 182 valence electrons. The van der Waals surface area contributed by atoms with Gasteiger partial charge in [-0.3, -0.25) is 9.67 Å². The summed E-state index contributed by atoms with van der Waals surface area (Å²) >= 11 is 0. The van der Waals surface area contributed by atoms with E-state index in [0.717, 1.165) is 57.9 Å². The number of nitrogens with zero attached hydrogens (tertiary/aromatic N) is 5. The first-order chi connectivity index (χ1) is 14.7. The number of aliphatic imine (C=N–C) groups is 1. The lowest BCUT2D eigenvalue weighted by Gasteiger charge is -2.40. The number of hydrogen-bond acceptors (Lipinski definition) is 4. The Bertz CT molecular complexity index is 748. The molecule has 9 heteroatoms. The Balaban J connectivity index is 0.00000363. The second kappa shape index (κ2) is 12.1. The average molecular weight is 561 g/mol. The molecule has 0 spiro atoms. The molecule has 0 aromatic carbocycles. The molecule has 1 aromatic rings. The van der Waals surface area contributed by atoms with Crippen molar-refractivity contribution in [3.63, 3.8) is 0 Å². The number of likely N-dealkylation sites (tertiary alicyclic amines) is 1. The molecule has 32 heavy (non-hydrogen) atoms. The number of hydrogen-bond donors (Lipinski definition) is 1. The van der Waals surface area contributed by atoms with Crippen LogP contribution in [0.2, 0.25) is 0 Å². The summed E-state index contributed by atoms with van der Waals surface area (Å²) in [6.45, 7) is 12.1. The highest BCUT2D eigenvalue weighted by atomic mass is 127. The van der Waals surface area contributed by atoms with Crippen LogP contribution in [0.1, 0.15) is 58.9 Å². The highest BCUT2D eigenvalue weighted by Crippen LogP contribution is 2.32. The van der Waals surface area contributed by atoms with Crippen LogP contribution in [0.5, 0.6) is 0 Å². The van der Waals surface area contributed by atoms with E-state index in [4.69, 9.17) is 9.73 Å². The van der Waals surface area contributed by atoms with Crippen LogP contribution in [-0.4, -0.2) is 76.0 Å². The molecule has 0 unspecified atom stereocenters. The van der Waals surface area contributed by atoms with Gasteiger partial charge >= 0.3 is 6.09 Å². The summed E-state index contributed by atoms with van der Waals surface area (Å²) in [5.41, 5.74) is 0.743. The van der Waals surface area contributed by atoms with Crippen LogP contribution < -0.4 is 5.32 Å². The fourth-order valence-corrected chi connectivity index (χ4v) is 3.98. The van der Waals surface area contributed by atoms with E-state index in [0.29, 0.717) is 5.92 Å². The minimum Gasteiger partial charge on any atom is -0.444 e. The summed E-state index contributed by atoms with van der Waals surface area (Å²) in [6, 6.07) is 0.241. The molecule has 3 rings (SSSR count). The van der Waals surface area contributed by atoms with Crippen LogP contribution in [0, 0.1) is 5.92 Å². The number of rotatable bonds is 7. The largest absolute Gasteiger partial charge is 0.444 e. The summed E-state index contributed by atoms with van der Waals surface area (Å²) in [7, 11) is 1.94. The van der Waals surface area contributed by atoms with Crippen molar-refractivity contribution in [2.45, 2.75) is 71.4 Å². The Morgan fingerprint density at radius 1 is 1.28 bits per heavy atom. The van der Waals surface area contributed by atoms with Crippen molar-refractivity contribution < 1.29 is 9.53 Å². The zero-order valence-corrected chi connectivity index (χ0v) is 22.7. The van der Waals surface area contributed by atoms with Gasteiger partial charge in [0.2, 0.25) is 0 Å². The molecule has 2 heterocycles. The number of aryl methyl sites for hydroxylation is 1. The summed E-state index contributed by atoms with van der Waals surface area (Å²) in [6.07, 6.45) is 9.01. The Hall–Kier alpha value is -1.52. The molecule has 1 saturated heterocycles. The van der Waals surface area contributed by atoms with Gasteiger partial charge in [0.15, 0.2) is 5.96 Å². The van der Waals surface area contributed by atoms with Crippen LogP contribution in [0.15, 0.2) is 17.4 Å². The Morgan fingerprint density at radius 2 is 1.97 bits per heavy atom. The first kappa shape index (κ1) is 26.7. The minimum absolute atomic E-state index is 0. The number of halogens is 1. The van der Waals surface area contributed by atoms with E-state index >= 15 is 0 Å². The van der Waals surface area contributed by atoms with Crippen molar-refractivity contribution in [2.75, 3.05) is 32.7 Å². The number of piperidine rings is 1. The SMILES string of the molecule is CCNC(=NCCc1cnn(C)c1)N1CCC(N(CC2CC2)C(=O)OC(C)(C)C)CC1.I. The maximum Gasteiger partial charge on any atom is 0.410 e. The summed E-state index contributed by atoms with van der Waals surface area (Å²) in [4.78, 5) is 22.0. The maximum absolute atomic E-state index is 12.9. The number of carbonyl (C=O) groups excluding carboxylic acids is 1. The van der Waals surface area contributed by atoms with E-state index in [1.807, 2.05) is 49.8 Å². The van der Waals surface area contributed by atoms with E-state index < -0.39 is 5.60 Å². The van der Waals surface area contributed by atoms with E-state index in [9.17, 15) is 4.79 Å². The Labute approximate surface area is 210 Å². The Morgan fingerprint density at radius 3 is 2.50 bits per heavy atom. The number of aromatic nitrogens is 2. The molecule has 1 aliphatic heterocycles. The van der Waals surface area contributed by atoms with Crippen molar-refractivity contribution in [3.05, 3.63) is 18.0 Å². The van der Waals surface area contributed by atoms with E-state index in [-0.39, 0.29) is 36.1 Å². The number of amides is 1. The predicted molar refractivity (Wildman–Crippen MR) is 139 cm³/mol. The molecule has 1 N–H and O–H groups in total. The second-order valence-electron chi connectivity index (χ2n) is 9.80. The van der Waals surface area contributed by atoms with Gasteiger partial charge < -0.3 is 19.9 Å². The lowest BCUT2D eigenvalue weighted by Crippen LogP contribution is -2.52. The fourth-order valence-electron chi connectivity index (χ4n) is 3.98. The molecule has 2 aliphatic rings. The number of nitrogens with one attached hydrogen (secondary N) is 1. The highest BCUT2D eigenvalue weighted by molar-refractivity contribution is 14.0. The van der Waals surface area contributed by atoms with Gasteiger partial charge in [-0.25, -0.2) is 4.79 Å². The van der Waals surface area contributed by atoms with E-state index in [1.165, 1.54) is 18.4 Å². The van der Waals surface area contributed by atoms with Crippen LogP contribution in [0.4, 0.5) is 4.79 Å². The third kappa shape index (κ3) is 8.44. The smallest absolute Gasteiger partial charge is 0.410 e. The van der Waals surface area contributed by atoms with Crippen LogP contribution in [0.25, 0.3) is 0 Å². The van der Waals surface area contributed by atoms with Crippen molar-refractivity contribution in [2.24, 2.45) is 18.0 Å². The maximum atomic E-state index is 12.9. The molecule has 0 atom stereocenters. The topological polar surface area (TPSA) is 75.0 Å². The van der Waals surface area contributed by atoms with E-state index in [2.05, 4.69) is 22.2 Å². The van der Waals surface area contributed by atoms with Gasteiger partial charge in [0.25, 0.3) is 0 Å². The molecular weight excluding hydrogens is 519 g/mol. The zero-order chi connectivity index (χ0) is 22.4. The second-order valence-corrected chi connectivity index (χ2v) is 9.80. The van der Waals surface area contributed by atoms with Crippen molar-refractivity contribution in [1.82, 2.24) is 24.9 Å². The molecule has 1 amide bonds. The van der Waals surface area contributed by atoms with Gasteiger partial charge in [0.05, 0.1) is 6.20 Å². The van der Waals surface area contributed by atoms with Crippen molar-refractivity contribution in [1.29, 1.82) is 0 Å². The molecule has 1 saturated carbocycles. The minimum atomic E-state index is -0.460.